The summed E-state index contributed by atoms with van der Waals surface area (Å²) in [7, 11) is 3.97. The fourth-order valence-corrected chi connectivity index (χ4v) is 3.85. The highest BCUT2D eigenvalue weighted by Crippen LogP contribution is 2.23. The molecule has 1 aliphatic rings. The zero-order chi connectivity index (χ0) is 20.1. The Morgan fingerprint density at radius 1 is 1.04 bits per heavy atom. The van der Waals surface area contributed by atoms with Gasteiger partial charge in [-0.3, -0.25) is 0 Å². The second-order valence-electron chi connectivity index (χ2n) is 7.69. The molecule has 1 aromatic heterocycles. The Labute approximate surface area is 173 Å². The smallest absolute Gasteiger partial charge is 0.224 e. The number of thiocarbonyl (C=S) groups is 1. The highest BCUT2D eigenvalue weighted by Gasteiger charge is 2.22. The van der Waals surface area contributed by atoms with Gasteiger partial charge < -0.3 is 20.9 Å². The first kappa shape index (κ1) is 20.3. The van der Waals surface area contributed by atoms with Gasteiger partial charge in [0.15, 0.2) is 5.11 Å². The Kier molecular flexibility index (Phi) is 6.67. The van der Waals surface area contributed by atoms with Gasteiger partial charge in [0.2, 0.25) is 5.95 Å². The maximum atomic E-state index is 5.55. The largest absolute Gasteiger partial charge is 0.363 e. The summed E-state index contributed by atoms with van der Waals surface area (Å²) in [5.74, 6) is 1.62. The molecule has 1 saturated carbocycles. The van der Waals surface area contributed by atoms with Gasteiger partial charge in [-0.1, -0.05) is 18.2 Å². The van der Waals surface area contributed by atoms with Crippen molar-refractivity contribution in [2.45, 2.75) is 51.6 Å². The first-order valence-corrected chi connectivity index (χ1v) is 10.2. The van der Waals surface area contributed by atoms with Crippen LogP contribution in [0.4, 0.5) is 17.5 Å². The molecule has 2 aromatic rings. The Balaban J connectivity index is 1.47. The van der Waals surface area contributed by atoms with Gasteiger partial charge >= 0.3 is 0 Å². The van der Waals surface area contributed by atoms with E-state index in [-0.39, 0.29) is 0 Å². The van der Waals surface area contributed by atoms with Crippen LogP contribution < -0.4 is 20.9 Å². The predicted octanol–water partition coefficient (Wildman–Crippen LogP) is 3.87. The van der Waals surface area contributed by atoms with Crippen molar-refractivity contribution in [1.29, 1.82) is 0 Å². The second kappa shape index (κ2) is 9.19. The van der Waals surface area contributed by atoms with Gasteiger partial charge in [0.25, 0.3) is 0 Å². The number of hydrogen-bond acceptors (Lipinski definition) is 5. The number of aromatic nitrogens is 2. The summed E-state index contributed by atoms with van der Waals surface area (Å²) < 4.78 is 0. The lowest BCUT2D eigenvalue weighted by molar-refractivity contribution is 0.387. The van der Waals surface area contributed by atoms with E-state index in [1.165, 1.54) is 11.1 Å². The number of aryl methyl sites for hydroxylation is 2. The lowest BCUT2D eigenvalue weighted by Gasteiger charge is -2.30. The van der Waals surface area contributed by atoms with Crippen molar-refractivity contribution in [3.05, 3.63) is 41.6 Å². The number of para-hydroxylation sites is 1. The van der Waals surface area contributed by atoms with Crippen molar-refractivity contribution in [1.82, 2.24) is 15.3 Å². The zero-order valence-corrected chi connectivity index (χ0v) is 17.9. The van der Waals surface area contributed by atoms with Crippen LogP contribution >= 0.6 is 12.2 Å². The molecule has 0 spiro atoms. The molecule has 0 radical (unpaired) electrons. The summed E-state index contributed by atoms with van der Waals surface area (Å²) in [6.07, 6.45) is 6.08. The summed E-state index contributed by atoms with van der Waals surface area (Å²) in [5, 5.41) is 11.0. The molecule has 1 aromatic carbocycles. The summed E-state index contributed by atoms with van der Waals surface area (Å²) in [6, 6.07) is 8.98. The Bertz CT molecular complexity index is 794. The van der Waals surface area contributed by atoms with Crippen LogP contribution in [0.3, 0.4) is 0 Å². The fraction of sp³-hybridized carbons (Fsp3) is 0.476. The first-order chi connectivity index (χ1) is 13.4. The van der Waals surface area contributed by atoms with Crippen LogP contribution in [0.1, 0.15) is 36.8 Å². The van der Waals surface area contributed by atoms with E-state index in [1.54, 1.807) is 6.20 Å². The molecule has 1 fully saturated rings. The standard InChI is InChI=1S/C21H30N6S/c1-14-6-5-7-15(2)19(14)26-21(28)24-17-10-8-16(9-11-17)23-20-22-13-12-18(25-20)27(3)4/h5-7,12-13,16-17H,8-11H2,1-4H3,(H,22,23,25)(H2,24,26,28)/t16-,17+. The quantitative estimate of drug-likeness (QED) is 0.661. The lowest BCUT2D eigenvalue weighted by atomic mass is 9.91. The molecule has 150 valence electrons. The first-order valence-electron chi connectivity index (χ1n) is 9.83. The summed E-state index contributed by atoms with van der Waals surface area (Å²) in [5.41, 5.74) is 3.52. The fourth-order valence-electron chi connectivity index (χ4n) is 3.58. The monoisotopic (exact) mass is 398 g/mol. The molecule has 3 rings (SSSR count). The van der Waals surface area contributed by atoms with Crippen molar-refractivity contribution in [3.8, 4) is 0 Å². The topological polar surface area (TPSA) is 65.1 Å². The lowest BCUT2D eigenvalue weighted by Crippen LogP contribution is -2.42. The summed E-state index contributed by atoms with van der Waals surface area (Å²) in [6.45, 7) is 4.20. The maximum Gasteiger partial charge on any atom is 0.224 e. The highest BCUT2D eigenvalue weighted by molar-refractivity contribution is 7.80. The van der Waals surface area contributed by atoms with Gasteiger partial charge in [0.1, 0.15) is 5.82 Å². The molecule has 0 bridgehead atoms. The van der Waals surface area contributed by atoms with Crippen molar-refractivity contribution >= 4 is 34.8 Å². The molecule has 3 N–H and O–H groups in total. The van der Waals surface area contributed by atoms with E-state index in [9.17, 15) is 0 Å². The number of anilines is 3. The van der Waals surface area contributed by atoms with Crippen molar-refractivity contribution in [3.63, 3.8) is 0 Å². The third kappa shape index (κ3) is 5.32. The second-order valence-corrected chi connectivity index (χ2v) is 8.10. The molecule has 0 atom stereocenters. The van der Waals surface area contributed by atoms with E-state index >= 15 is 0 Å². The molecule has 7 heteroatoms. The molecule has 0 amide bonds. The number of rotatable bonds is 5. The maximum absolute atomic E-state index is 5.55. The number of benzene rings is 1. The van der Waals surface area contributed by atoms with E-state index in [0.29, 0.717) is 23.1 Å². The van der Waals surface area contributed by atoms with Gasteiger partial charge in [-0.2, -0.15) is 4.98 Å². The molecular weight excluding hydrogens is 368 g/mol. The van der Waals surface area contributed by atoms with Crippen LogP contribution in [0.25, 0.3) is 0 Å². The normalized spacial score (nSPS) is 19.0. The molecule has 1 aliphatic carbocycles. The van der Waals surface area contributed by atoms with E-state index in [0.717, 1.165) is 37.2 Å². The van der Waals surface area contributed by atoms with Crippen molar-refractivity contribution < 1.29 is 0 Å². The Morgan fingerprint density at radius 2 is 1.68 bits per heavy atom. The minimum atomic E-state index is 0.399. The van der Waals surface area contributed by atoms with Crippen LogP contribution in [-0.2, 0) is 0 Å². The third-order valence-corrected chi connectivity index (χ3v) is 5.43. The van der Waals surface area contributed by atoms with Crippen LogP contribution in [0.2, 0.25) is 0 Å². The molecule has 6 nitrogen and oxygen atoms in total. The van der Waals surface area contributed by atoms with Crippen LogP contribution in [0.5, 0.6) is 0 Å². The van der Waals surface area contributed by atoms with E-state index in [2.05, 4.69) is 58.0 Å². The molecule has 0 aliphatic heterocycles. The van der Waals surface area contributed by atoms with Crippen molar-refractivity contribution in [2.24, 2.45) is 0 Å². The summed E-state index contributed by atoms with van der Waals surface area (Å²) >= 11 is 5.55. The zero-order valence-electron chi connectivity index (χ0n) is 17.1. The number of hydrogen-bond donors (Lipinski definition) is 3. The van der Waals surface area contributed by atoms with Gasteiger partial charge in [-0.25, -0.2) is 4.98 Å². The minimum absolute atomic E-state index is 0.399. The Hall–Kier alpha value is -2.41. The molecule has 0 saturated heterocycles. The Morgan fingerprint density at radius 3 is 2.32 bits per heavy atom. The van der Waals surface area contributed by atoms with Gasteiger partial charge in [0, 0.05) is 38.1 Å². The summed E-state index contributed by atoms with van der Waals surface area (Å²) in [4.78, 5) is 10.9. The SMILES string of the molecule is Cc1cccc(C)c1NC(=S)N[C@H]1CC[C@@H](Nc2nccc(N(C)C)n2)CC1. The predicted molar refractivity (Wildman–Crippen MR) is 121 cm³/mol. The molecular formula is C21H30N6S. The van der Waals surface area contributed by atoms with E-state index in [1.807, 2.05) is 25.1 Å². The average molecular weight is 399 g/mol. The van der Waals surface area contributed by atoms with Gasteiger partial charge in [0.05, 0.1) is 0 Å². The van der Waals surface area contributed by atoms with Crippen LogP contribution in [0, 0.1) is 13.8 Å². The number of nitrogens with one attached hydrogen (secondary N) is 3. The average Bonchev–Trinajstić information content (AvgIpc) is 2.67. The molecule has 1 heterocycles. The van der Waals surface area contributed by atoms with Gasteiger partial charge in [-0.15, -0.1) is 0 Å². The highest BCUT2D eigenvalue weighted by atomic mass is 32.1. The van der Waals surface area contributed by atoms with Crippen LogP contribution in [-0.4, -0.2) is 41.3 Å². The van der Waals surface area contributed by atoms with Gasteiger partial charge in [-0.05, 0) is 68.9 Å². The third-order valence-electron chi connectivity index (χ3n) is 5.21. The van der Waals surface area contributed by atoms with E-state index < -0.39 is 0 Å². The minimum Gasteiger partial charge on any atom is -0.363 e. The number of nitrogens with zero attached hydrogens (tertiary/aromatic N) is 3. The molecule has 28 heavy (non-hydrogen) atoms. The molecule has 0 unspecified atom stereocenters. The van der Waals surface area contributed by atoms with Crippen LogP contribution in [0.15, 0.2) is 30.5 Å². The van der Waals surface area contributed by atoms with Crippen molar-refractivity contribution in [2.75, 3.05) is 29.6 Å². The van der Waals surface area contributed by atoms with E-state index in [4.69, 9.17) is 12.2 Å².